The van der Waals surface area contributed by atoms with Gasteiger partial charge in [0.1, 0.15) is 6.20 Å². The number of hydrogen-bond donors (Lipinski definition) is 2. The topological polar surface area (TPSA) is 93.2 Å². The van der Waals surface area contributed by atoms with Crippen LogP contribution in [0.1, 0.15) is 0 Å². The number of alkyl halides is 1. The van der Waals surface area contributed by atoms with Crippen LogP contribution in [0.3, 0.4) is 0 Å². The van der Waals surface area contributed by atoms with Crippen LogP contribution in [0.2, 0.25) is 0 Å². The van der Waals surface area contributed by atoms with Gasteiger partial charge in [0.25, 0.3) is 0 Å². The number of nitrogens with one attached hydrogen (secondary N) is 1. The molecule has 0 aliphatic carbocycles. The number of halogens is 1. The summed E-state index contributed by atoms with van der Waals surface area (Å²) in [7, 11) is 0. The summed E-state index contributed by atoms with van der Waals surface area (Å²) in [6, 6.07) is 0. The predicted molar refractivity (Wildman–Crippen MR) is 58.3 cm³/mol. The van der Waals surface area contributed by atoms with Crippen LogP contribution < -0.4 is 5.32 Å². The number of aliphatic hydroxyl groups excluding tert-OH is 1. The minimum absolute atomic E-state index is 0.158. The number of rotatable bonds is 6. The fourth-order valence-corrected chi connectivity index (χ4v) is 1.28. The first-order chi connectivity index (χ1) is 7.19. The SMILES string of the molecule is O=[N+]([O-])c1nc(NCCBr)cn1CCO. The van der Waals surface area contributed by atoms with E-state index < -0.39 is 4.92 Å². The summed E-state index contributed by atoms with van der Waals surface area (Å²) in [6.45, 7) is 0.641. The normalized spacial score (nSPS) is 10.3. The van der Waals surface area contributed by atoms with Gasteiger partial charge in [-0.15, -0.1) is 0 Å². The molecule has 0 atom stereocenters. The van der Waals surface area contributed by atoms with Crippen molar-refractivity contribution in [1.29, 1.82) is 0 Å². The number of imidazole rings is 1. The number of anilines is 1. The van der Waals surface area contributed by atoms with Crippen molar-refractivity contribution in [3.8, 4) is 0 Å². The minimum Gasteiger partial charge on any atom is -0.393 e. The second-order valence-corrected chi connectivity index (χ2v) is 3.51. The van der Waals surface area contributed by atoms with Crippen LogP contribution in [-0.4, -0.2) is 38.1 Å². The highest BCUT2D eigenvalue weighted by molar-refractivity contribution is 9.09. The van der Waals surface area contributed by atoms with Crippen molar-refractivity contribution in [1.82, 2.24) is 9.55 Å². The lowest BCUT2D eigenvalue weighted by molar-refractivity contribution is -0.396. The van der Waals surface area contributed by atoms with Crippen molar-refractivity contribution in [2.24, 2.45) is 0 Å². The lowest BCUT2D eigenvalue weighted by Gasteiger charge is -1.96. The Hall–Kier alpha value is -1.15. The molecule has 0 saturated heterocycles. The van der Waals surface area contributed by atoms with E-state index in [2.05, 4.69) is 26.2 Å². The fraction of sp³-hybridized carbons (Fsp3) is 0.571. The number of aliphatic hydroxyl groups is 1. The quantitative estimate of drug-likeness (QED) is 0.451. The summed E-state index contributed by atoms with van der Waals surface area (Å²) in [4.78, 5) is 13.8. The molecule has 84 valence electrons. The van der Waals surface area contributed by atoms with Gasteiger partial charge in [0.05, 0.1) is 13.2 Å². The summed E-state index contributed by atoms with van der Waals surface area (Å²) < 4.78 is 1.30. The maximum Gasteiger partial charge on any atom is 0.436 e. The van der Waals surface area contributed by atoms with E-state index >= 15 is 0 Å². The molecule has 1 aromatic heterocycles. The Morgan fingerprint density at radius 1 is 1.73 bits per heavy atom. The lowest BCUT2D eigenvalue weighted by atomic mass is 10.6. The minimum atomic E-state index is -0.574. The first-order valence-electron chi connectivity index (χ1n) is 4.31. The number of hydrogen-bond acceptors (Lipinski definition) is 5. The van der Waals surface area contributed by atoms with Crippen LogP contribution in [0.4, 0.5) is 11.8 Å². The summed E-state index contributed by atoms with van der Waals surface area (Å²) in [5.41, 5.74) is 0. The molecule has 15 heavy (non-hydrogen) atoms. The van der Waals surface area contributed by atoms with E-state index in [0.717, 1.165) is 5.33 Å². The molecule has 2 N–H and O–H groups in total. The van der Waals surface area contributed by atoms with Crippen LogP contribution in [0.5, 0.6) is 0 Å². The smallest absolute Gasteiger partial charge is 0.393 e. The van der Waals surface area contributed by atoms with E-state index in [1.165, 1.54) is 10.8 Å². The first kappa shape index (κ1) is 11.9. The van der Waals surface area contributed by atoms with Gasteiger partial charge in [0.15, 0.2) is 0 Å². The number of nitrogens with zero attached hydrogens (tertiary/aromatic N) is 3. The van der Waals surface area contributed by atoms with Gasteiger partial charge < -0.3 is 20.5 Å². The van der Waals surface area contributed by atoms with Crippen LogP contribution in [0.25, 0.3) is 0 Å². The Labute approximate surface area is 94.4 Å². The summed E-state index contributed by atoms with van der Waals surface area (Å²) in [6.07, 6.45) is 1.51. The second-order valence-electron chi connectivity index (χ2n) is 2.72. The average molecular weight is 279 g/mol. The van der Waals surface area contributed by atoms with Crippen molar-refractivity contribution in [3.63, 3.8) is 0 Å². The van der Waals surface area contributed by atoms with Gasteiger partial charge in [0, 0.05) is 11.9 Å². The summed E-state index contributed by atoms with van der Waals surface area (Å²) in [5.74, 6) is 0.177. The van der Waals surface area contributed by atoms with E-state index in [9.17, 15) is 10.1 Å². The molecule has 1 rings (SSSR count). The molecule has 0 saturated carbocycles. The average Bonchev–Trinajstić information content (AvgIpc) is 2.59. The summed E-state index contributed by atoms with van der Waals surface area (Å²) in [5, 5.41) is 22.9. The zero-order valence-electron chi connectivity index (χ0n) is 7.89. The maximum absolute atomic E-state index is 10.6. The largest absolute Gasteiger partial charge is 0.436 e. The lowest BCUT2D eigenvalue weighted by Crippen LogP contribution is -2.05. The van der Waals surface area contributed by atoms with Crippen LogP contribution in [-0.2, 0) is 6.54 Å². The summed E-state index contributed by atoms with van der Waals surface area (Å²) >= 11 is 3.22. The van der Waals surface area contributed by atoms with E-state index in [0.29, 0.717) is 12.4 Å². The highest BCUT2D eigenvalue weighted by Gasteiger charge is 2.18. The third-order valence-electron chi connectivity index (χ3n) is 1.66. The first-order valence-corrected chi connectivity index (χ1v) is 5.43. The molecule has 8 heteroatoms. The monoisotopic (exact) mass is 278 g/mol. The molecule has 1 heterocycles. The van der Waals surface area contributed by atoms with E-state index in [-0.39, 0.29) is 19.1 Å². The Bertz CT molecular complexity index is 341. The number of nitro groups is 1. The zero-order valence-corrected chi connectivity index (χ0v) is 9.48. The van der Waals surface area contributed by atoms with Gasteiger partial charge in [-0.3, -0.25) is 0 Å². The molecular formula is C7H11BrN4O3. The second kappa shape index (κ2) is 5.66. The van der Waals surface area contributed by atoms with Crippen molar-refractivity contribution in [2.75, 3.05) is 23.8 Å². The Morgan fingerprint density at radius 2 is 2.47 bits per heavy atom. The van der Waals surface area contributed by atoms with E-state index in [4.69, 9.17) is 5.11 Å². The van der Waals surface area contributed by atoms with Crippen molar-refractivity contribution < 1.29 is 10.0 Å². The molecule has 1 aromatic rings. The molecule has 7 nitrogen and oxygen atoms in total. The van der Waals surface area contributed by atoms with E-state index in [1.807, 2.05) is 0 Å². The van der Waals surface area contributed by atoms with Gasteiger partial charge in [-0.05, 0) is 9.91 Å². The zero-order chi connectivity index (χ0) is 11.3. The maximum atomic E-state index is 10.6. The molecule has 0 aliphatic heterocycles. The highest BCUT2D eigenvalue weighted by Crippen LogP contribution is 2.14. The molecule has 0 aromatic carbocycles. The Balaban J connectivity index is 2.83. The van der Waals surface area contributed by atoms with E-state index in [1.54, 1.807) is 0 Å². The van der Waals surface area contributed by atoms with Crippen LogP contribution in [0, 0.1) is 10.1 Å². The molecule has 0 unspecified atom stereocenters. The molecule has 0 spiro atoms. The predicted octanol–water partition coefficient (Wildman–Crippen LogP) is 0.590. The van der Waals surface area contributed by atoms with Crippen LogP contribution in [0.15, 0.2) is 6.20 Å². The van der Waals surface area contributed by atoms with Gasteiger partial charge >= 0.3 is 5.95 Å². The van der Waals surface area contributed by atoms with Crippen molar-refractivity contribution in [2.45, 2.75) is 6.54 Å². The molecule has 0 fully saturated rings. The van der Waals surface area contributed by atoms with Gasteiger partial charge in [0.2, 0.25) is 5.82 Å². The van der Waals surface area contributed by atoms with Gasteiger partial charge in [-0.25, -0.2) is 4.57 Å². The molecular weight excluding hydrogens is 268 g/mol. The van der Waals surface area contributed by atoms with Gasteiger partial charge in [-0.1, -0.05) is 15.9 Å². The van der Waals surface area contributed by atoms with Crippen molar-refractivity contribution in [3.05, 3.63) is 16.3 Å². The Morgan fingerprint density at radius 3 is 3.00 bits per heavy atom. The molecule has 0 radical (unpaired) electrons. The molecule has 0 bridgehead atoms. The fourth-order valence-electron chi connectivity index (χ4n) is 1.08. The Kier molecular flexibility index (Phi) is 4.50. The third-order valence-corrected chi connectivity index (χ3v) is 2.06. The standard InChI is InChI=1S/C7H11BrN4O3/c8-1-2-9-6-5-11(3-4-13)7(10-6)12(14)15/h5,9,13H,1-4H2. The number of aromatic nitrogens is 2. The van der Waals surface area contributed by atoms with Gasteiger partial charge in [-0.2, -0.15) is 0 Å². The molecule has 0 amide bonds. The van der Waals surface area contributed by atoms with Crippen molar-refractivity contribution >= 4 is 27.7 Å². The van der Waals surface area contributed by atoms with Crippen LogP contribution >= 0.6 is 15.9 Å². The highest BCUT2D eigenvalue weighted by atomic mass is 79.9. The molecule has 0 aliphatic rings. The third kappa shape index (κ3) is 3.17.